The molecule has 0 aliphatic carbocycles. The van der Waals surface area contributed by atoms with Crippen LogP contribution in [-0.4, -0.2) is 84.4 Å². The van der Waals surface area contributed by atoms with Crippen LogP contribution in [0.25, 0.3) is 11.4 Å². The smallest absolute Gasteiger partial charge is 0.243 e. The summed E-state index contributed by atoms with van der Waals surface area (Å²) < 4.78 is 34.5. The van der Waals surface area contributed by atoms with Crippen molar-refractivity contribution in [3.05, 3.63) is 36.9 Å². The molecule has 1 saturated heterocycles. The number of thioether (sulfide) groups is 1. The number of hydrogen-bond acceptors (Lipinski definition) is 7. The Morgan fingerprint density at radius 3 is 2.70 bits per heavy atom. The van der Waals surface area contributed by atoms with E-state index in [2.05, 4.69) is 16.8 Å². The molecule has 9 nitrogen and oxygen atoms in total. The Labute approximate surface area is 180 Å². The molecule has 0 spiro atoms. The van der Waals surface area contributed by atoms with E-state index in [1.54, 1.807) is 44.4 Å². The lowest BCUT2D eigenvalue weighted by atomic mass is 10.2. The molecule has 1 aromatic heterocycles. The number of rotatable bonds is 8. The first-order valence-electron chi connectivity index (χ1n) is 9.40. The van der Waals surface area contributed by atoms with Gasteiger partial charge in [0.1, 0.15) is 0 Å². The number of carbonyl (C=O) groups is 1. The van der Waals surface area contributed by atoms with E-state index in [-0.39, 0.29) is 16.6 Å². The normalized spacial score (nSPS) is 15.1. The van der Waals surface area contributed by atoms with Crippen molar-refractivity contribution in [3.63, 3.8) is 0 Å². The third-order valence-corrected chi connectivity index (χ3v) is 7.40. The number of carbonyl (C=O) groups excluding carboxylic acids is 1. The van der Waals surface area contributed by atoms with Crippen LogP contribution < -0.4 is 0 Å². The lowest BCUT2D eigenvalue weighted by Crippen LogP contribution is -2.40. The van der Waals surface area contributed by atoms with Gasteiger partial charge < -0.3 is 9.64 Å². The molecular formula is C19H25N5O4S2. The standard InChI is InChI=1S/C19H25N5O4S2/c1-4-8-24-18(20-21-19(24)29-14-17(25)22(2)3)15-6-5-7-16(13-15)30(26,27)23-9-11-28-12-10-23/h4-7,13H,1,8-12,14H2,2-3H3. The molecule has 0 bridgehead atoms. The van der Waals surface area contributed by atoms with Crippen LogP contribution in [0.15, 0.2) is 47.0 Å². The molecule has 1 aliphatic heterocycles. The largest absolute Gasteiger partial charge is 0.379 e. The van der Waals surface area contributed by atoms with Crippen LogP contribution in [0.5, 0.6) is 0 Å². The summed E-state index contributed by atoms with van der Waals surface area (Å²) in [6, 6.07) is 6.67. The monoisotopic (exact) mass is 451 g/mol. The quantitative estimate of drug-likeness (QED) is 0.441. The number of ether oxygens (including phenoxy) is 1. The van der Waals surface area contributed by atoms with E-state index in [0.29, 0.717) is 49.4 Å². The molecule has 1 aromatic carbocycles. The Bertz CT molecular complexity index is 1010. The van der Waals surface area contributed by atoms with E-state index in [1.165, 1.54) is 21.0 Å². The Kier molecular flexibility index (Phi) is 7.29. The highest BCUT2D eigenvalue weighted by Crippen LogP contribution is 2.27. The van der Waals surface area contributed by atoms with Crippen molar-refractivity contribution in [2.24, 2.45) is 0 Å². The number of sulfonamides is 1. The van der Waals surface area contributed by atoms with Gasteiger partial charge in [0.15, 0.2) is 11.0 Å². The minimum absolute atomic E-state index is 0.0340. The summed E-state index contributed by atoms with van der Waals surface area (Å²) in [6.07, 6.45) is 1.71. The fourth-order valence-corrected chi connectivity index (χ4v) is 5.27. The Morgan fingerprint density at radius 2 is 2.03 bits per heavy atom. The van der Waals surface area contributed by atoms with Crippen molar-refractivity contribution in [2.45, 2.75) is 16.6 Å². The maximum atomic E-state index is 13.0. The highest BCUT2D eigenvalue weighted by atomic mass is 32.2. The first kappa shape index (κ1) is 22.5. The lowest BCUT2D eigenvalue weighted by Gasteiger charge is -2.26. The van der Waals surface area contributed by atoms with Crippen LogP contribution in [0.4, 0.5) is 0 Å². The van der Waals surface area contributed by atoms with Gasteiger partial charge in [-0.25, -0.2) is 8.42 Å². The molecule has 0 atom stereocenters. The van der Waals surface area contributed by atoms with Gasteiger partial charge in [-0.15, -0.1) is 16.8 Å². The van der Waals surface area contributed by atoms with Gasteiger partial charge in [-0.1, -0.05) is 30.0 Å². The summed E-state index contributed by atoms with van der Waals surface area (Å²) in [5.41, 5.74) is 0.629. The van der Waals surface area contributed by atoms with Crippen LogP contribution in [-0.2, 0) is 26.1 Å². The predicted octanol–water partition coefficient (Wildman–Crippen LogP) is 1.33. The van der Waals surface area contributed by atoms with Crippen molar-refractivity contribution in [1.29, 1.82) is 0 Å². The van der Waals surface area contributed by atoms with Crippen molar-refractivity contribution in [1.82, 2.24) is 24.0 Å². The summed E-state index contributed by atoms with van der Waals surface area (Å²) in [6.45, 7) is 5.65. The van der Waals surface area contributed by atoms with Gasteiger partial charge in [0.05, 0.1) is 23.9 Å². The van der Waals surface area contributed by atoms with E-state index in [1.807, 2.05) is 4.57 Å². The molecule has 0 saturated carbocycles. The van der Waals surface area contributed by atoms with Gasteiger partial charge in [0.2, 0.25) is 15.9 Å². The summed E-state index contributed by atoms with van der Waals surface area (Å²) >= 11 is 1.28. The summed E-state index contributed by atoms with van der Waals surface area (Å²) in [7, 11) is -0.226. The average molecular weight is 452 g/mol. The Morgan fingerprint density at radius 1 is 1.30 bits per heavy atom. The second kappa shape index (κ2) is 9.73. The molecule has 1 aliphatic rings. The molecular weight excluding hydrogens is 426 g/mol. The Hall–Kier alpha value is -2.21. The van der Waals surface area contributed by atoms with E-state index < -0.39 is 10.0 Å². The van der Waals surface area contributed by atoms with E-state index in [9.17, 15) is 13.2 Å². The number of allylic oxidation sites excluding steroid dienone is 1. The topological polar surface area (TPSA) is 97.6 Å². The van der Waals surface area contributed by atoms with Gasteiger partial charge in [-0.2, -0.15) is 4.31 Å². The minimum atomic E-state index is -3.62. The maximum absolute atomic E-state index is 13.0. The second-order valence-electron chi connectivity index (χ2n) is 6.83. The van der Waals surface area contributed by atoms with Crippen LogP contribution in [0.3, 0.4) is 0 Å². The molecule has 0 unspecified atom stereocenters. The van der Waals surface area contributed by atoms with E-state index in [4.69, 9.17) is 4.74 Å². The highest BCUT2D eigenvalue weighted by molar-refractivity contribution is 7.99. The third kappa shape index (κ3) is 4.91. The lowest BCUT2D eigenvalue weighted by molar-refractivity contribution is -0.125. The van der Waals surface area contributed by atoms with Crippen LogP contribution in [0.2, 0.25) is 0 Å². The molecule has 3 rings (SSSR count). The summed E-state index contributed by atoms with van der Waals surface area (Å²) in [5.74, 6) is 0.718. The molecule has 2 aromatic rings. The third-order valence-electron chi connectivity index (χ3n) is 4.55. The highest BCUT2D eigenvalue weighted by Gasteiger charge is 2.27. The predicted molar refractivity (Wildman–Crippen MR) is 115 cm³/mol. The molecule has 30 heavy (non-hydrogen) atoms. The van der Waals surface area contributed by atoms with Crippen LogP contribution >= 0.6 is 11.8 Å². The van der Waals surface area contributed by atoms with E-state index in [0.717, 1.165) is 0 Å². The molecule has 1 amide bonds. The SMILES string of the molecule is C=CCn1c(SCC(=O)N(C)C)nnc1-c1cccc(S(=O)(=O)N2CCOCC2)c1. The molecule has 162 valence electrons. The van der Waals surface area contributed by atoms with Gasteiger partial charge in [-0.05, 0) is 12.1 Å². The van der Waals surface area contributed by atoms with Gasteiger partial charge in [0.25, 0.3) is 0 Å². The van der Waals surface area contributed by atoms with Crippen molar-refractivity contribution in [2.75, 3.05) is 46.2 Å². The number of amides is 1. The van der Waals surface area contributed by atoms with Gasteiger partial charge in [-0.3, -0.25) is 9.36 Å². The van der Waals surface area contributed by atoms with Gasteiger partial charge in [0, 0.05) is 39.3 Å². The van der Waals surface area contributed by atoms with Crippen molar-refractivity contribution >= 4 is 27.7 Å². The molecule has 11 heteroatoms. The van der Waals surface area contributed by atoms with Gasteiger partial charge >= 0.3 is 0 Å². The zero-order chi connectivity index (χ0) is 21.7. The number of hydrogen-bond donors (Lipinski definition) is 0. The average Bonchev–Trinajstić information content (AvgIpc) is 3.15. The van der Waals surface area contributed by atoms with Crippen LogP contribution in [0.1, 0.15) is 0 Å². The molecule has 1 fully saturated rings. The minimum Gasteiger partial charge on any atom is -0.379 e. The number of nitrogens with zero attached hydrogens (tertiary/aromatic N) is 5. The zero-order valence-electron chi connectivity index (χ0n) is 17.0. The number of aromatic nitrogens is 3. The fraction of sp³-hybridized carbons (Fsp3) is 0.421. The Balaban J connectivity index is 1.91. The van der Waals surface area contributed by atoms with Crippen LogP contribution in [0, 0.1) is 0 Å². The number of morpholine rings is 1. The molecule has 0 radical (unpaired) electrons. The zero-order valence-corrected chi connectivity index (χ0v) is 18.7. The first-order chi connectivity index (χ1) is 14.3. The molecule has 0 N–H and O–H groups in total. The fourth-order valence-electron chi connectivity index (χ4n) is 2.89. The number of benzene rings is 1. The summed E-state index contributed by atoms with van der Waals surface area (Å²) in [5, 5.41) is 9.03. The van der Waals surface area contributed by atoms with Crippen molar-refractivity contribution in [3.8, 4) is 11.4 Å². The second-order valence-corrected chi connectivity index (χ2v) is 9.71. The summed E-state index contributed by atoms with van der Waals surface area (Å²) in [4.78, 5) is 13.6. The molecule has 2 heterocycles. The van der Waals surface area contributed by atoms with Crippen molar-refractivity contribution < 1.29 is 17.9 Å². The van der Waals surface area contributed by atoms with E-state index >= 15 is 0 Å². The first-order valence-corrected chi connectivity index (χ1v) is 11.8. The maximum Gasteiger partial charge on any atom is 0.243 e.